The number of fused-ring (bicyclic) bond motifs is 1. The van der Waals surface area contributed by atoms with Crippen molar-refractivity contribution in [3.8, 4) is 0 Å². The molecule has 0 amide bonds. The van der Waals surface area contributed by atoms with Gasteiger partial charge in [0.15, 0.2) is 0 Å². The largest absolute Gasteiger partial charge is 0.363 e. The topological polar surface area (TPSA) is 38.7 Å². The van der Waals surface area contributed by atoms with E-state index in [1.807, 2.05) is 0 Å². The molecule has 1 N–H and O–H groups in total. The van der Waals surface area contributed by atoms with E-state index in [1.165, 1.54) is 12.0 Å². The second-order valence-corrected chi connectivity index (χ2v) is 6.86. The highest BCUT2D eigenvalue weighted by Gasteiger charge is 2.60. The average molecular weight is 252 g/mol. The lowest BCUT2D eigenvalue weighted by Crippen LogP contribution is -2.40. The molecular formula is C15H24O3. The van der Waals surface area contributed by atoms with Crippen LogP contribution in [-0.4, -0.2) is 16.5 Å². The molecule has 3 rings (SSSR count). The van der Waals surface area contributed by atoms with E-state index in [2.05, 4.69) is 20.4 Å². The maximum Gasteiger partial charge on any atom is 0.202 e. The van der Waals surface area contributed by atoms with Crippen molar-refractivity contribution in [2.24, 2.45) is 17.8 Å². The first kappa shape index (κ1) is 12.6. The zero-order valence-corrected chi connectivity index (χ0v) is 11.4. The van der Waals surface area contributed by atoms with Gasteiger partial charge in [-0.1, -0.05) is 26.0 Å². The van der Waals surface area contributed by atoms with Gasteiger partial charge in [-0.25, -0.2) is 9.78 Å². The predicted octanol–water partition coefficient (Wildman–Crippen LogP) is 3.19. The number of aliphatic hydroxyl groups is 1. The molecule has 1 aliphatic heterocycles. The van der Waals surface area contributed by atoms with Crippen molar-refractivity contribution in [1.82, 2.24) is 0 Å². The Morgan fingerprint density at radius 3 is 2.83 bits per heavy atom. The Bertz CT molecular complexity index is 365. The molecule has 0 radical (unpaired) electrons. The maximum absolute atomic E-state index is 10.4. The van der Waals surface area contributed by atoms with E-state index in [-0.39, 0.29) is 5.60 Å². The van der Waals surface area contributed by atoms with Gasteiger partial charge in [0.25, 0.3) is 0 Å². The van der Waals surface area contributed by atoms with Crippen molar-refractivity contribution in [1.29, 1.82) is 0 Å². The summed E-state index contributed by atoms with van der Waals surface area (Å²) in [6.07, 6.45) is 5.32. The summed E-state index contributed by atoms with van der Waals surface area (Å²) in [4.78, 5) is 11.0. The lowest BCUT2D eigenvalue weighted by molar-refractivity contribution is -0.397. The van der Waals surface area contributed by atoms with Crippen LogP contribution in [0.15, 0.2) is 12.2 Å². The first-order valence-corrected chi connectivity index (χ1v) is 7.20. The van der Waals surface area contributed by atoms with Gasteiger partial charge >= 0.3 is 0 Å². The molecule has 0 aromatic carbocycles. The molecule has 3 aliphatic rings. The van der Waals surface area contributed by atoms with Gasteiger partial charge in [0.05, 0.1) is 0 Å². The summed E-state index contributed by atoms with van der Waals surface area (Å²) in [7, 11) is 0. The van der Waals surface area contributed by atoms with Crippen LogP contribution in [-0.2, 0) is 9.78 Å². The summed E-state index contributed by atoms with van der Waals surface area (Å²) in [5.74, 6) is 0.692. The van der Waals surface area contributed by atoms with Crippen LogP contribution in [0.3, 0.4) is 0 Å². The van der Waals surface area contributed by atoms with Crippen molar-refractivity contribution in [3.05, 3.63) is 12.2 Å². The Labute approximate surface area is 109 Å². The number of allylic oxidation sites excluding steroid dienone is 1. The van der Waals surface area contributed by atoms with Crippen molar-refractivity contribution < 1.29 is 14.9 Å². The number of rotatable bonds is 1. The van der Waals surface area contributed by atoms with E-state index in [1.54, 1.807) is 0 Å². The first-order chi connectivity index (χ1) is 8.44. The lowest BCUT2D eigenvalue weighted by atomic mass is 9.72. The monoisotopic (exact) mass is 252 g/mol. The molecule has 1 heterocycles. The maximum atomic E-state index is 10.4. The Kier molecular flexibility index (Phi) is 2.85. The van der Waals surface area contributed by atoms with Crippen molar-refractivity contribution in [3.63, 3.8) is 0 Å². The second-order valence-electron chi connectivity index (χ2n) is 6.86. The van der Waals surface area contributed by atoms with Crippen LogP contribution in [0.4, 0.5) is 0 Å². The first-order valence-electron chi connectivity index (χ1n) is 7.20. The molecule has 3 fully saturated rings. The van der Waals surface area contributed by atoms with Crippen LogP contribution in [0.1, 0.15) is 52.4 Å². The van der Waals surface area contributed by atoms with Crippen LogP contribution in [0.2, 0.25) is 0 Å². The van der Waals surface area contributed by atoms with E-state index in [9.17, 15) is 5.11 Å². The van der Waals surface area contributed by atoms with E-state index in [0.29, 0.717) is 30.6 Å². The van der Waals surface area contributed by atoms with Gasteiger partial charge in [0, 0.05) is 12.8 Å². The van der Waals surface area contributed by atoms with Gasteiger partial charge in [-0.15, -0.1) is 0 Å². The fourth-order valence-corrected chi connectivity index (χ4v) is 4.25. The standard InChI is InChI=1S/C15H24O3/c1-10(2)12-5-6-14-9-15(16,18-17-14)7-4-11(3)8-13(12)14/h10,12-13,16H,3-9H2,1-2H3/t12-,13-,14+,15+/m0/s1. The molecule has 2 saturated carbocycles. The minimum atomic E-state index is -1.08. The Hall–Kier alpha value is -0.380. The summed E-state index contributed by atoms with van der Waals surface area (Å²) in [6.45, 7) is 8.74. The molecule has 2 aliphatic carbocycles. The summed E-state index contributed by atoms with van der Waals surface area (Å²) in [5.41, 5.74) is 0.983. The third kappa shape index (κ3) is 1.84. The van der Waals surface area contributed by atoms with Crippen LogP contribution in [0, 0.1) is 17.8 Å². The molecule has 102 valence electrons. The van der Waals surface area contributed by atoms with E-state index < -0.39 is 5.79 Å². The van der Waals surface area contributed by atoms with Crippen molar-refractivity contribution in [2.75, 3.05) is 0 Å². The SMILES string of the molecule is C=C1CC[C@]2(O)C[C@@]3(CC[C@@H](C(C)C)[C@@H]3C1)OO2. The molecule has 1 saturated heterocycles. The summed E-state index contributed by atoms with van der Waals surface area (Å²) < 4.78 is 0. The molecule has 1 spiro atoms. The third-order valence-corrected chi connectivity index (χ3v) is 5.27. The van der Waals surface area contributed by atoms with E-state index >= 15 is 0 Å². The van der Waals surface area contributed by atoms with Crippen LogP contribution in [0.25, 0.3) is 0 Å². The second kappa shape index (κ2) is 4.06. The van der Waals surface area contributed by atoms with Crippen molar-refractivity contribution >= 4 is 0 Å². The Balaban J connectivity index is 1.93. The minimum Gasteiger partial charge on any atom is -0.363 e. The van der Waals surface area contributed by atoms with Gasteiger partial charge in [0.1, 0.15) is 5.60 Å². The molecule has 0 aromatic rings. The number of hydrogen-bond donors (Lipinski definition) is 1. The van der Waals surface area contributed by atoms with Crippen LogP contribution >= 0.6 is 0 Å². The molecule has 3 nitrogen and oxygen atoms in total. The zero-order valence-electron chi connectivity index (χ0n) is 11.4. The highest BCUT2D eigenvalue weighted by molar-refractivity contribution is 5.11. The molecule has 4 atom stereocenters. The number of hydrogen-bond acceptors (Lipinski definition) is 3. The fraction of sp³-hybridized carbons (Fsp3) is 0.867. The lowest BCUT2D eigenvalue weighted by Gasteiger charge is -2.35. The van der Waals surface area contributed by atoms with Crippen LogP contribution in [0.5, 0.6) is 0 Å². The predicted molar refractivity (Wildman–Crippen MR) is 68.5 cm³/mol. The van der Waals surface area contributed by atoms with Crippen molar-refractivity contribution in [2.45, 2.75) is 63.8 Å². The minimum absolute atomic E-state index is 0.257. The molecule has 0 aromatic heterocycles. The molecular weight excluding hydrogens is 228 g/mol. The molecule has 3 heteroatoms. The van der Waals surface area contributed by atoms with E-state index in [4.69, 9.17) is 9.78 Å². The summed E-state index contributed by atoms with van der Waals surface area (Å²) in [5, 5.41) is 10.4. The molecule has 2 bridgehead atoms. The Morgan fingerprint density at radius 2 is 2.11 bits per heavy atom. The van der Waals surface area contributed by atoms with Gasteiger partial charge in [-0.3, -0.25) is 0 Å². The van der Waals surface area contributed by atoms with Gasteiger partial charge < -0.3 is 5.11 Å². The fourth-order valence-electron chi connectivity index (χ4n) is 4.25. The normalized spacial score (nSPS) is 48.1. The van der Waals surface area contributed by atoms with E-state index in [0.717, 1.165) is 19.3 Å². The highest BCUT2D eigenvalue weighted by atomic mass is 17.2. The van der Waals surface area contributed by atoms with Gasteiger partial charge in [-0.2, -0.15) is 0 Å². The van der Waals surface area contributed by atoms with Gasteiger partial charge in [-0.05, 0) is 43.4 Å². The smallest absolute Gasteiger partial charge is 0.202 e. The van der Waals surface area contributed by atoms with Gasteiger partial charge in [0.2, 0.25) is 5.79 Å². The highest BCUT2D eigenvalue weighted by Crippen LogP contribution is 2.57. The summed E-state index contributed by atoms with van der Waals surface area (Å²) >= 11 is 0. The average Bonchev–Trinajstić information content (AvgIpc) is 2.80. The molecule has 0 unspecified atom stereocenters. The summed E-state index contributed by atoms with van der Waals surface area (Å²) in [6, 6.07) is 0. The third-order valence-electron chi connectivity index (χ3n) is 5.27. The molecule has 18 heavy (non-hydrogen) atoms. The van der Waals surface area contributed by atoms with Crippen LogP contribution < -0.4 is 0 Å². The Morgan fingerprint density at radius 1 is 1.33 bits per heavy atom. The zero-order chi connectivity index (χ0) is 13.0. The quantitative estimate of drug-likeness (QED) is 0.575.